The van der Waals surface area contributed by atoms with Gasteiger partial charge < -0.3 is 41.8 Å². The van der Waals surface area contributed by atoms with E-state index in [0.717, 1.165) is 0 Å². The molecule has 1 rings (SSSR count). The van der Waals surface area contributed by atoms with Crippen LogP contribution in [0.1, 0.15) is 38.1 Å². The fourth-order valence-corrected chi connectivity index (χ4v) is 1.30. The Morgan fingerprint density at radius 1 is 1.31 bits per heavy atom. The molecular weight excluding hydrogens is 352 g/mol. The van der Waals surface area contributed by atoms with Crippen LogP contribution in [0, 0.1) is 0 Å². The second-order valence-electron chi connectivity index (χ2n) is 5.03. The summed E-state index contributed by atoms with van der Waals surface area (Å²) in [5.41, 5.74) is 10.1. The number of nitrogens with zero attached hydrogens (tertiary/aromatic N) is 2. The van der Waals surface area contributed by atoms with Crippen molar-refractivity contribution < 1.29 is 34.1 Å². The summed E-state index contributed by atoms with van der Waals surface area (Å²) >= 11 is 0. The van der Waals surface area contributed by atoms with Gasteiger partial charge in [-0.15, -0.1) is 10.2 Å². The molecule has 1 aromatic rings. The number of carbonyl (C=O) groups excluding carboxylic acids is 2. The van der Waals surface area contributed by atoms with Gasteiger partial charge in [0.1, 0.15) is 6.04 Å². The Balaban J connectivity index is 0.00000110. The summed E-state index contributed by atoms with van der Waals surface area (Å²) in [7, 11) is 0. The van der Waals surface area contributed by atoms with Gasteiger partial charge in [-0.2, -0.15) is 0 Å². The van der Waals surface area contributed by atoms with Crippen molar-refractivity contribution in [2.45, 2.75) is 45.0 Å². The minimum atomic E-state index is -1.44. The molecule has 0 saturated heterocycles. The first-order valence-electron chi connectivity index (χ1n) is 7.54. The van der Waals surface area contributed by atoms with Crippen molar-refractivity contribution in [2.75, 3.05) is 6.61 Å². The topological polar surface area (TPSA) is 227 Å². The van der Waals surface area contributed by atoms with Crippen LogP contribution in [-0.4, -0.2) is 62.2 Å². The number of urea groups is 1. The first kappa shape index (κ1) is 23.2. The number of nitrogens with one attached hydrogen (secondary N) is 2. The number of aliphatic hydroxyl groups is 2. The summed E-state index contributed by atoms with van der Waals surface area (Å²) in [4.78, 5) is 31.9. The monoisotopic (exact) mass is 376 g/mol. The van der Waals surface area contributed by atoms with Crippen molar-refractivity contribution in [3.8, 4) is 0 Å². The van der Waals surface area contributed by atoms with E-state index in [0.29, 0.717) is 6.42 Å². The molecule has 0 bridgehead atoms. The number of carboxylic acids is 1. The third-order valence-electron chi connectivity index (χ3n) is 2.78. The van der Waals surface area contributed by atoms with Crippen molar-refractivity contribution in [1.82, 2.24) is 20.8 Å². The van der Waals surface area contributed by atoms with E-state index in [1.165, 1.54) is 6.92 Å². The van der Waals surface area contributed by atoms with Crippen LogP contribution in [0.25, 0.3) is 0 Å². The predicted molar refractivity (Wildman–Crippen MR) is 86.3 cm³/mol. The number of hydrogen-bond acceptors (Lipinski definition) is 9. The molecule has 0 fully saturated rings. The van der Waals surface area contributed by atoms with E-state index in [2.05, 4.69) is 26.6 Å². The van der Waals surface area contributed by atoms with Crippen molar-refractivity contribution >= 4 is 17.9 Å². The number of amides is 3. The van der Waals surface area contributed by atoms with Crippen LogP contribution in [0.15, 0.2) is 4.42 Å². The Kier molecular flexibility index (Phi) is 10.5. The molecule has 1 heterocycles. The maximum atomic E-state index is 11.5. The van der Waals surface area contributed by atoms with E-state index in [1.807, 2.05) is 0 Å². The van der Waals surface area contributed by atoms with E-state index >= 15 is 0 Å². The standard InChI is InChI=1S/C10H17N5O6.C3H7NO/c1-4(17)7(9(18)19)13-10(20)12-2-6-14-15-8(21-6)5(11)3-16;1-2-3(4)5/h4-5,7,16-17H,2-3,11H2,1H3,(H,18,19)(H2,12,13,20);2H2,1H3,(H2,4,5)/t4?,5-,7?;/m0./s1. The lowest BCUT2D eigenvalue weighted by molar-refractivity contribution is -0.141. The maximum Gasteiger partial charge on any atom is 0.328 e. The van der Waals surface area contributed by atoms with Crippen LogP contribution in [0.4, 0.5) is 4.79 Å². The van der Waals surface area contributed by atoms with E-state index in [-0.39, 0.29) is 30.8 Å². The van der Waals surface area contributed by atoms with Gasteiger partial charge in [0, 0.05) is 6.42 Å². The molecule has 13 nitrogen and oxygen atoms in total. The summed E-state index contributed by atoms with van der Waals surface area (Å²) in [5.74, 6) is -1.56. The van der Waals surface area contributed by atoms with Crippen LogP contribution in [0.2, 0.25) is 0 Å². The lowest BCUT2D eigenvalue weighted by Gasteiger charge is -2.16. The van der Waals surface area contributed by atoms with Crippen LogP contribution in [-0.2, 0) is 16.1 Å². The molecule has 0 spiro atoms. The average molecular weight is 376 g/mol. The molecule has 0 saturated carbocycles. The van der Waals surface area contributed by atoms with Crippen molar-refractivity contribution in [2.24, 2.45) is 11.5 Å². The second kappa shape index (κ2) is 11.7. The van der Waals surface area contributed by atoms with Gasteiger partial charge in [0.15, 0.2) is 6.04 Å². The van der Waals surface area contributed by atoms with Gasteiger partial charge >= 0.3 is 12.0 Å². The number of aliphatic carboxylic acids is 1. The molecule has 2 unspecified atom stereocenters. The Labute approximate surface area is 148 Å². The Morgan fingerprint density at radius 3 is 2.31 bits per heavy atom. The summed E-state index contributed by atoms with van der Waals surface area (Å²) in [6.45, 7) is 2.43. The third-order valence-corrected chi connectivity index (χ3v) is 2.78. The number of rotatable bonds is 8. The fraction of sp³-hybridized carbons (Fsp3) is 0.615. The third kappa shape index (κ3) is 8.91. The first-order valence-corrected chi connectivity index (χ1v) is 7.54. The number of primary amides is 1. The van der Waals surface area contributed by atoms with Gasteiger partial charge in [-0.25, -0.2) is 9.59 Å². The largest absolute Gasteiger partial charge is 0.480 e. The quantitative estimate of drug-likeness (QED) is 0.254. The molecule has 13 heteroatoms. The van der Waals surface area contributed by atoms with Crippen LogP contribution >= 0.6 is 0 Å². The number of aromatic nitrogens is 2. The molecule has 148 valence electrons. The number of nitrogens with two attached hydrogens (primary N) is 2. The smallest absolute Gasteiger partial charge is 0.328 e. The normalized spacial score (nSPS) is 13.6. The number of hydrogen-bond donors (Lipinski definition) is 7. The molecule has 26 heavy (non-hydrogen) atoms. The molecule has 0 aliphatic heterocycles. The first-order chi connectivity index (χ1) is 12.1. The van der Waals surface area contributed by atoms with E-state index in [9.17, 15) is 19.5 Å². The van der Waals surface area contributed by atoms with Crippen molar-refractivity contribution in [3.05, 3.63) is 11.8 Å². The minimum absolute atomic E-state index is 0.0158. The summed E-state index contributed by atoms with van der Waals surface area (Å²) < 4.78 is 5.07. The zero-order valence-electron chi connectivity index (χ0n) is 14.4. The van der Waals surface area contributed by atoms with Gasteiger partial charge in [0.25, 0.3) is 0 Å². The van der Waals surface area contributed by atoms with Crippen LogP contribution < -0.4 is 22.1 Å². The maximum absolute atomic E-state index is 11.5. The summed E-state index contributed by atoms with van der Waals surface area (Å²) in [5, 5.41) is 38.3. The lowest BCUT2D eigenvalue weighted by Crippen LogP contribution is -2.51. The molecule has 0 aliphatic rings. The number of carbonyl (C=O) groups is 3. The van der Waals surface area contributed by atoms with E-state index < -0.39 is 30.2 Å². The molecule has 0 aromatic carbocycles. The second-order valence-corrected chi connectivity index (χ2v) is 5.03. The summed E-state index contributed by atoms with van der Waals surface area (Å²) in [6.07, 6.45) is -0.814. The highest BCUT2D eigenvalue weighted by Crippen LogP contribution is 2.07. The SMILES string of the molecule is CC(O)C(NC(=O)NCc1nnc([C@@H](N)CO)o1)C(=O)O.CCC(N)=O. The average Bonchev–Trinajstić information content (AvgIpc) is 3.06. The van der Waals surface area contributed by atoms with Crippen molar-refractivity contribution in [3.63, 3.8) is 0 Å². The highest BCUT2D eigenvalue weighted by molar-refractivity contribution is 5.82. The molecule has 9 N–H and O–H groups in total. The molecular formula is C13H24N6O7. The minimum Gasteiger partial charge on any atom is -0.480 e. The number of carboxylic acid groups (broad SMARTS) is 1. The highest BCUT2D eigenvalue weighted by atomic mass is 16.4. The zero-order chi connectivity index (χ0) is 20.3. The fourth-order valence-electron chi connectivity index (χ4n) is 1.30. The van der Waals surface area contributed by atoms with Gasteiger partial charge in [-0.3, -0.25) is 4.79 Å². The Bertz CT molecular complexity index is 591. The number of aliphatic hydroxyl groups excluding tert-OH is 2. The van der Waals surface area contributed by atoms with Crippen LogP contribution in [0.5, 0.6) is 0 Å². The molecule has 0 aliphatic carbocycles. The molecule has 0 radical (unpaired) electrons. The van der Waals surface area contributed by atoms with Crippen molar-refractivity contribution in [1.29, 1.82) is 0 Å². The molecule has 1 aromatic heterocycles. The highest BCUT2D eigenvalue weighted by Gasteiger charge is 2.25. The lowest BCUT2D eigenvalue weighted by atomic mass is 10.2. The summed E-state index contributed by atoms with van der Waals surface area (Å²) in [6, 6.07) is -3.08. The Hall–Kier alpha value is -2.77. The van der Waals surface area contributed by atoms with E-state index in [4.69, 9.17) is 20.4 Å². The van der Waals surface area contributed by atoms with Gasteiger partial charge in [0.05, 0.1) is 19.3 Å². The Morgan fingerprint density at radius 2 is 1.88 bits per heavy atom. The van der Waals surface area contributed by atoms with Gasteiger partial charge in [-0.05, 0) is 6.92 Å². The predicted octanol–water partition coefficient (Wildman–Crippen LogP) is -2.42. The van der Waals surface area contributed by atoms with Gasteiger partial charge in [0.2, 0.25) is 17.7 Å². The molecule has 3 amide bonds. The van der Waals surface area contributed by atoms with Gasteiger partial charge in [-0.1, -0.05) is 6.92 Å². The zero-order valence-corrected chi connectivity index (χ0v) is 14.4. The van der Waals surface area contributed by atoms with Crippen LogP contribution in [0.3, 0.4) is 0 Å². The van der Waals surface area contributed by atoms with E-state index in [1.54, 1.807) is 6.92 Å². The molecule has 3 atom stereocenters.